The van der Waals surface area contributed by atoms with Crippen molar-refractivity contribution < 1.29 is 18.3 Å². The third-order valence-corrected chi connectivity index (χ3v) is 8.27. The highest BCUT2D eigenvalue weighted by atomic mass is 32.2. The minimum Gasteiger partial charge on any atom is -0.494 e. The van der Waals surface area contributed by atoms with Crippen LogP contribution < -0.4 is 14.5 Å². The van der Waals surface area contributed by atoms with E-state index in [1.807, 2.05) is 19.0 Å². The van der Waals surface area contributed by atoms with E-state index in [0.29, 0.717) is 68.1 Å². The van der Waals surface area contributed by atoms with Crippen molar-refractivity contribution in [2.75, 3.05) is 95.8 Å². The third-order valence-electron chi connectivity index (χ3n) is 6.77. The van der Waals surface area contributed by atoms with E-state index in [1.54, 1.807) is 30.0 Å². The molecule has 0 atom stereocenters. The predicted molar refractivity (Wildman–Crippen MR) is 156 cm³/mol. The molecule has 11 nitrogen and oxygen atoms in total. The normalized spacial score (nSPS) is 16.4. The quantitative estimate of drug-likeness (QED) is 0.360. The monoisotopic (exact) mass is 593 g/mol. The number of aromatic nitrogens is 5. The Morgan fingerprint density at radius 2 is 1.65 bits per heavy atom. The number of morpholine rings is 1. The number of fused-ring (bicyclic) bond motifs is 1. The Morgan fingerprint density at radius 3 is 2.27 bits per heavy atom. The van der Waals surface area contributed by atoms with E-state index in [9.17, 15) is 8.78 Å². The number of alkyl halides is 2. The van der Waals surface area contributed by atoms with Gasteiger partial charge in [-0.1, -0.05) is 30.0 Å². The first-order valence-corrected chi connectivity index (χ1v) is 14.5. The predicted octanol–water partition coefficient (Wildman–Crippen LogP) is 2.70. The standard InChI is InChI=1S/C25H33F2N9O2S2/c1-32(2)13-16-40-25(39)35-9-7-33(8-10-35)22-29-23(34-11-14-38-15-12-34)31-24(30-22)36-17-5-4-6-18(37-3)19(17)28-21(36)20(26)27/h4-6,20H,7-16H2,1-3H3. The first-order valence-electron chi connectivity index (χ1n) is 13.1. The van der Waals surface area contributed by atoms with Crippen molar-refractivity contribution in [3.8, 4) is 11.7 Å². The molecule has 40 heavy (non-hydrogen) atoms. The molecule has 3 aromatic rings. The lowest BCUT2D eigenvalue weighted by molar-refractivity contribution is 0.122. The molecule has 0 saturated carbocycles. The number of ether oxygens (including phenoxy) is 2. The number of thiocarbonyl (C=S) groups is 1. The first kappa shape index (κ1) is 28.6. The summed E-state index contributed by atoms with van der Waals surface area (Å²) in [5.41, 5.74) is 0.758. The van der Waals surface area contributed by atoms with Gasteiger partial charge in [-0.25, -0.2) is 13.8 Å². The molecule has 2 aliphatic heterocycles. The summed E-state index contributed by atoms with van der Waals surface area (Å²) in [7, 11) is 5.58. The number of benzene rings is 1. The average molecular weight is 594 g/mol. The molecule has 2 saturated heterocycles. The summed E-state index contributed by atoms with van der Waals surface area (Å²) in [6.45, 7) is 5.92. The summed E-state index contributed by atoms with van der Waals surface area (Å²) in [5, 5.41) is 0. The van der Waals surface area contributed by atoms with Crippen LogP contribution in [0.15, 0.2) is 18.2 Å². The van der Waals surface area contributed by atoms with Crippen LogP contribution in [0.4, 0.5) is 20.7 Å². The molecule has 0 aliphatic carbocycles. The molecule has 0 spiro atoms. The number of imidazole rings is 1. The van der Waals surface area contributed by atoms with Crippen LogP contribution in [-0.4, -0.2) is 125 Å². The lowest BCUT2D eigenvalue weighted by Gasteiger charge is -2.36. The van der Waals surface area contributed by atoms with E-state index in [4.69, 9.17) is 31.7 Å². The van der Waals surface area contributed by atoms with E-state index in [2.05, 4.69) is 24.7 Å². The molecule has 1 aromatic carbocycles. The molecule has 15 heteroatoms. The van der Waals surface area contributed by atoms with Gasteiger partial charge >= 0.3 is 0 Å². The van der Waals surface area contributed by atoms with Crippen LogP contribution in [0.1, 0.15) is 12.2 Å². The van der Waals surface area contributed by atoms with Gasteiger partial charge in [0.05, 0.1) is 25.8 Å². The summed E-state index contributed by atoms with van der Waals surface area (Å²) >= 11 is 7.35. The minimum absolute atomic E-state index is 0.0923. The second kappa shape index (κ2) is 12.7. The van der Waals surface area contributed by atoms with Crippen LogP contribution in [0.3, 0.4) is 0 Å². The number of anilines is 2. The smallest absolute Gasteiger partial charge is 0.296 e. The Balaban J connectivity index is 1.48. The Hall–Kier alpha value is -2.88. The van der Waals surface area contributed by atoms with Crippen LogP contribution in [0.5, 0.6) is 5.75 Å². The molecule has 2 aromatic heterocycles. The highest BCUT2D eigenvalue weighted by Crippen LogP contribution is 2.32. The fraction of sp³-hybridized carbons (Fsp3) is 0.560. The topological polar surface area (TPSA) is 87.9 Å². The van der Waals surface area contributed by atoms with Crippen LogP contribution in [-0.2, 0) is 4.74 Å². The van der Waals surface area contributed by atoms with Crippen molar-refractivity contribution in [3.05, 3.63) is 24.0 Å². The van der Waals surface area contributed by atoms with Gasteiger partial charge < -0.3 is 29.1 Å². The maximum atomic E-state index is 14.3. The molecule has 0 unspecified atom stereocenters. The molecule has 0 amide bonds. The van der Waals surface area contributed by atoms with Gasteiger partial charge in [0, 0.05) is 51.6 Å². The van der Waals surface area contributed by atoms with Crippen molar-refractivity contribution in [3.63, 3.8) is 0 Å². The molecular formula is C25H33F2N9O2S2. The Labute approximate surface area is 241 Å². The zero-order chi connectivity index (χ0) is 28.2. The molecular weight excluding hydrogens is 560 g/mol. The first-order chi connectivity index (χ1) is 19.4. The maximum Gasteiger partial charge on any atom is 0.296 e. The Morgan fingerprint density at radius 1 is 1.00 bits per heavy atom. The summed E-state index contributed by atoms with van der Waals surface area (Å²) in [4.78, 5) is 26.8. The number of rotatable bonds is 8. The molecule has 5 rings (SSSR count). The van der Waals surface area contributed by atoms with E-state index in [1.165, 1.54) is 11.7 Å². The minimum atomic E-state index is -2.85. The van der Waals surface area contributed by atoms with Gasteiger partial charge in [0.2, 0.25) is 17.8 Å². The van der Waals surface area contributed by atoms with E-state index >= 15 is 0 Å². The van der Waals surface area contributed by atoms with Crippen molar-refractivity contribution in [2.45, 2.75) is 6.43 Å². The molecule has 4 heterocycles. The molecule has 0 N–H and O–H groups in total. The SMILES string of the molecule is COc1cccc2c1nc(C(F)F)n2-c1nc(N2CCOCC2)nc(N2CCN(C(=S)SCCN(C)C)CC2)n1. The summed E-state index contributed by atoms with van der Waals surface area (Å²) in [6.07, 6.45) is -2.85. The average Bonchev–Trinajstić information content (AvgIpc) is 3.38. The van der Waals surface area contributed by atoms with Crippen LogP contribution in [0, 0.1) is 0 Å². The largest absolute Gasteiger partial charge is 0.494 e. The second-order valence-electron chi connectivity index (χ2n) is 9.66. The van der Waals surface area contributed by atoms with Gasteiger partial charge in [0.15, 0.2) is 5.82 Å². The fourth-order valence-electron chi connectivity index (χ4n) is 4.60. The Kier molecular flexibility index (Phi) is 9.13. The molecule has 0 bridgehead atoms. The van der Waals surface area contributed by atoms with Crippen LogP contribution >= 0.6 is 24.0 Å². The van der Waals surface area contributed by atoms with Gasteiger partial charge in [-0.2, -0.15) is 15.0 Å². The van der Waals surface area contributed by atoms with Gasteiger partial charge in [-0.3, -0.25) is 4.57 Å². The van der Waals surface area contributed by atoms with Crippen molar-refractivity contribution in [1.82, 2.24) is 34.3 Å². The fourth-order valence-corrected chi connectivity index (χ4v) is 6.03. The molecule has 216 valence electrons. The summed E-state index contributed by atoms with van der Waals surface area (Å²) in [5.74, 6) is 1.83. The third kappa shape index (κ3) is 6.21. The maximum absolute atomic E-state index is 14.3. The van der Waals surface area contributed by atoms with Gasteiger partial charge in [0.25, 0.3) is 6.43 Å². The summed E-state index contributed by atoms with van der Waals surface area (Å²) in [6, 6.07) is 5.14. The van der Waals surface area contributed by atoms with Gasteiger partial charge in [-0.15, -0.1) is 0 Å². The number of hydrogen-bond donors (Lipinski definition) is 0. The number of thioether (sulfide) groups is 1. The van der Waals surface area contributed by atoms with E-state index in [0.717, 1.165) is 29.7 Å². The van der Waals surface area contributed by atoms with Crippen LogP contribution in [0.25, 0.3) is 17.0 Å². The molecule has 0 radical (unpaired) electrons. The van der Waals surface area contributed by atoms with Crippen molar-refractivity contribution in [2.24, 2.45) is 0 Å². The molecule has 2 fully saturated rings. The van der Waals surface area contributed by atoms with Gasteiger partial charge in [0.1, 0.15) is 15.6 Å². The number of hydrogen-bond acceptors (Lipinski definition) is 11. The number of nitrogens with zero attached hydrogens (tertiary/aromatic N) is 9. The van der Waals surface area contributed by atoms with E-state index in [-0.39, 0.29) is 5.95 Å². The number of methoxy groups -OCH3 is 1. The molecule has 2 aliphatic rings. The Bertz CT molecular complexity index is 1330. The van der Waals surface area contributed by atoms with Crippen LogP contribution in [0.2, 0.25) is 0 Å². The summed E-state index contributed by atoms with van der Waals surface area (Å²) < 4.78 is 41.7. The number of piperazine rings is 1. The lowest BCUT2D eigenvalue weighted by Crippen LogP contribution is -2.48. The second-order valence-corrected chi connectivity index (χ2v) is 11.4. The van der Waals surface area contributed by atoms with Crippen molar-refractivity contribution >= 4 is 51.2 Å². The van der Waals surface area contributed by atoms with E-state index < -0.39 is 12.2 Å². The number of halogens is 2. The lowest BCUT2D eigenvalue weighted by atomic mass is 10.3. The van der Waals surface area contributed by atoms with Gasteiger partial charge in [-0.05, 0) is 26.2 Å². The highest BCUT2D eigenvalue weighted by Gasteiger charge is 2.28. The highest BCUT2D eigenvalue weighted by molar-refractivity contribution is 8.22. The zero-order valence-electron chi connectivity index (χ0n) is 22.8. The number of para-hydroxylation sites is 1. The van der Waals surface area contributed by atoms with Crippen molar-refractivity contribution in [1.29, 1.82) is 0 Å². The zero-order valence-corrected chi connectivity index (χ0v) is 24.4.